The molecular formula is C27H25NO. The van der Waals surface area contributed by atoms with Crippen LogP contribution in [0.1, 0.15) is 11.1 Å². The number of rotatable bonds is 7. The lowest BCUT2D eigenvalue weighted by molar-refractivity contribution is 0.415. The van der Waals surface area contributed by atoms with Crippen molar-refractivity contribution in [2.75, 3.05) is 12.0 Å². The van der Waals surface area contributed by atoms with Gasteiger partial charge in [0.25, 0.3) is 0 Å². The van der Waals surface area contributed by atoms with Crippen LogP contribution in [0.5, 0.6) is 5.75 Å². The number of hydrogen-bond donors (Lipinski definition) is 0. The lowest BCUT2D eigenvalue weighted by atomic mass is 10.0. The first-order chi connectivity index (χ1) is 14.3. The summed E-state index contributed by atoms with van der Waals surface area (Å²) in [6.45, 7) is 1.72. The summed E-state index contributed by atoms with van der Waals surface area (Å²) in [4.78, 5) is 2.42. The predicted molar refractivity (Wildman–Crippen MR) is 121 cm³/mol. The Balaban J connectivity index is 1.68. The van der Waals surface area contributed by atoms with E-state index in [1.807, 2.05) is 12.1 Å². The van der Waals surface area contributed by atoms with E-state index in [9.17, 15) is 0 Å². The van der Waals surface area contributed by atoms with Crippen molar-refractivity contribution < 1.29 is 4.74 Å². The largest absolute Gasteiger partial charge is 0.497 e. The molecule has 0 spiro atoms. The average Bonchev–Trinajstić information content (AvgIpc) is 2.80. The van der Waals surface area contributed by atoms with Crippen molar-refractivity contribution in [3.63, 3.8) is 0 Å². The molecule has 0 aromatic heterocycles. The quantitative estimate of drug-likeness (QED) is 0.360. The lowest BCUT2D eigenvalue weighted by Crippen LogP contribution is -2.22. The van der Waals surface area contributed by atoms with Gasteiger partial charge in [-0.2, -0.15) is 0 Å². The molecule has 0 atom stereocenters. The number of hydrogen-bond acceptors (Lipinski definition) is 2. The van der Waals surface area contributed by atoms with Gasteiger partial charge in [-0.05, 0) is 46.5 Å². The van der Waals surface area contributed by atoms with Gasteiger partial charge in [-0.1, -0.05) is 84.9 Å². The van der Waals surface area contributed by atoms with Gasteiger partial charge < -0.3 is 9.64 Å². The molecule has 0 aliphatic rings. The van der Waals surface area contributed by atoms with Gasteiger partial charge in [0.2, 0.25) is 0 Å². The maximum absolute atomic E-state index is 5.40. The fourth-order valence-electron chi connectivity index (χ4n) is 3.53. The number of ether oxygens (including phenoxy) is 1. The Morgan fingerprint density at radius 2 is 1.14 bits per heavy atom. The molecule has 0 saturated carbocycles. The van der Waals surface area contributed by atoms with Crippen LogP contribution in [0, 0.1) is 0 Å². The minimum absolute atomic E-state index is 0.858. The van der Waals surface area contributed by atoms with Crippen molar-refractivity contribution >= 4 is 5.69 Å². The SMILES string of the molecule is COc1cccc(-c2cccc(N(Cc3ccccc3)Cc3ccccc3)c2)c1. The van der Waals surface area contributed by atoms with Crippen LogP contribution in [0.25, 0.3) is 11.1 Å². The Morgan fingerprint density at radius 1 is 0.586 bits per heavy atom. The second-order valence-electron chi connectivity index (χ2n) is 7.11. The second kappa shape index (κ2) is 9.11. The van der Waals surface area contributed by atoms with E-state index in [-0.39, 0.29) is 0 Å². The number of methoxy groups -OCH3 is 1. The minimum atomic E-state index is 0.858. The molecule has 0 aliphatic carbocycles. The van der Waals surface area contributed by atoms with Crippen molar-refractivity contribution in [2.45, 2.75) is 13.1 Å². The normalized spacial score (nSPS) is 10.5. The van der Waals surface area contributed by atoms with Crippen molar-refractivity contribution in [2.24, 2.45) is 0 Å². The van der Waals surface area contributed by atoms with Gasteiger partial charge in [-0.25, -0.2) is 0 Å². The zero-order chi connectivity index (χ0) is 19.9. The average molecular weight is 380 g/mol. The van der Waals surface area contributed by atoms with Gasteiger partial charge in [0, 0.05) is 18.8 Å². The zero-order valence-corrected chi connectivity index (χ0v) is 16.7. The summed E-state index contributed by atoms with van der Waals surface area (Å²) in [5.41, 5.74) is 6.15. The van der Waals surface area contributed by atoms with E-state index in [2.05, 4.69) is 102 Å². The number of anilines is 1. The summed E-state index contributed by atoms with van der Waals surface area (Å²) < 4.78 is 5.40. The molecule has 0 saturated heterocycles. The first-order valence-corrected chi connectivity index (χ1v) is 9.89. The van der Waals surface area contributed by atoms with Crippen LogP contribution in [-0.2, 0) is 13.1 Å². The number of benzene rings is 4. The van der Waals surface area contributed by atoms with Crippen LogP contribution in [0.3, 0.4) is 0 Å². The molecule has 0 amide bonds. The van der Waals surface area contributed by atoms with E-state index < -0.39 is 0 Å². The predicted octanol–water partition coefficient (Wildman–Crippen LogP) is 6.57. The van der Waals surface area contributed by atoms with Crippen LogP contribution >= 0.6 is 0 Å². The summed E-state index contributed by atoms with van der Waals surface area (Å²) in [7, 11) is 1.71. The Hall–Kier alpha value is -3.52. The van der Waals surface area contributed by atoms with Gasteiger partial charge in [-0.3, -0.25) is 0 Å². The Labute approximate surface area is 173 Å². The van der Waals surface area contributed by atoms with Gasteiger partial charge in [0.1, 0.15) is 5.75 Å². The first-order valence-electron chi connectivity index (χ1n) is 9.89. The summed E-state index contributed by atoms with van der Waals surface area (Å²) in [6.07, 6.45) is 0. The van der Waals surface area contributed by atoms with E-state index in [0.717, 1.165) is 24.4 Å². The Kier molecular flexibility index (Phi) is 5.92. The van der Waals surface area contributed by atoms with Crippen LogP contribution in [0.4, 0.5) is 5.69 Å². The third-order valence-electron chi connectivity index (χ3n) is 5.05. The molecule has 4 rings (SSSR count). The highest BCUT2D eigenvalue weighted by Crippen LogP contribution is 2.29. The topological polar surface area (TPSA) is 12.5 Å². The molecule has 29 heavy (non-hydrogen) atoms. The molecule has 4 aromatic carbocycles. The van der Waals surface area contributed by atoms with Crippen molar-refractivity contribution in [3.8, 4) is 16.9 Å². The molecule has 0 heterocycles. The van der Waals surface area contributed by atoms with E-state index in [0.29, 0.717) is 0 Å². The third kappa shape index (κ3) is 4.85. The van der Waals surface area contributed by atoms with Crippen molar-refractivity contribution in [3.05, 3.63) is 120 Å². The van der Waals surface area contributed by atoms with Gasteiger partial charge in [0.15, 0.2) is 0 Å². The van der Waals surface area contributed by atoms with Gasteiger partial charge in [-0.15, -0.1) is 0 Å². The molecule has 0 radical (unpaired) electrons. The minimum Gasteiger partial charge on any atom is -0.497 e. The maximum Gasteiger partial charge on any atom is 0.119 e. The zero-order valence-electron chi connectivity index (χ0n) is 16.7. The molecule has 0 unspecified atom stereocenters. The summed E-state index contributed by atoms with van der Waals surface area (Å²) >= 11 is 0. The standard InChI is InChI=1S/C27H25NO/c1-29-27-17-9-15-25(19-27)24-14-8-16-26(18-24)28(20-22-10-4-2-5-11-22)21-23-12-6-3-7-13-23/h2-19H,20-21H2,1H3. The molecule has 2 heteroatoms. The van der Waals surface area contributed by atoms with Crippen LogP contribution in [0.15, 0.2) is 109 Å². The van der Waals surface area contributed by atoms with Crippen LogP contribution in [0.2, 0.25) is 0 Å². The highest BCUT2D eigenvalue weighted by atomic mass is 16.5. The Bertz CT molecular complexity index is 1000. The molecule has 144 valence electrons. The van der Waals surface area contributed by atoms with Crippen molar-refractivity contribution in [1.82, 2.24) is 0 Å². The van der Waals surface area contributed by atoms with E-state index in [1.54, 1.807) is 7.11 Å². The highest BCUT2D eigenvalue weighted by molar-refractivity contribution is 5.69. The molecular weight excluding hydrogens is 354 g/mol. The molecule has 0 aliphatic heterocycles. The molecule has 0 N–H and O–H groups in total. The molecule has 2 nitrogen and oxygen atoms in total. The lowest BCUT2D eigenvalue weighted by Gasteiger charge is -2.26. The fraction of sp³-hybridized carbons (Fsp3) is 0.111. The smallest absolute Gasteiger partial charge is 0.119 e. The van der Waals surface area contributed by atoms with Gasteiger partial charge in [0.05, 0.1) is 7.11 Å². The summed E-state index contributed by atoms with van der Waals surface area (Å²) in [5, 5.41) is 0. The van der Waals surface area contributed by atoms with Crippen molar-refractivity contribution in [1.29, 1.82) is 0 Å². The number of nitrogens with zero attached hydrogens (tertiary/aromatic N) is 1. The van der Waals surface area contributed by atoms with E-state index in [1.165, 1.54) is 22.4 Å². The maximum atomic E-state index is 5.40. The molecule has 0 bridgehead atoms. The van der Waals surface area contributed by atoms with Crippen LogP contribution < -0.4 is 9.64 Å². The Morgan fingerprint density at radius 3 is 1.72 bits per heavy atom. The second-order valence-corrected chi connectivity index (χ2v) is 7.11. The molecule has 4 aromatic rings. The van der Waals surface area contributed by atoms with Gasteiger partial charge >= 0.3 is 0 Å². The van der Waals surface area contributed by atoms with Crippen LogP contribution in [-0.4, -0.2) is 7.11 Å². The first kappa shape index (κ1) is 18.8. The molecule has 0 fully saturated rings. The third-order valence-corrected chi connectivity index (χ3v) is 5.05. The highest BCUT2D eigenvalue weighted by Gasteiger charge is 2.10. The van der Waals surface area contributed by atoms with E-state index in [4.69, 9.17) is 4.74 Å². The fourth-order valence-corrected chi connectivity index (χ4v) is 3.53. The van der Waals surface area contributed by atoms with E-state index >= 15 is 0 Å². The summed E-state index contributed by atoms with van der Waals surface area (Å²) in [5.74, 6) is 0.873. The summed E-state index contributed by atoms with van der Waals surface area (Å²) in [6, 6.07) is 38.2. The monoisotopic (exact) mass is 379 g/mol.